The molecule has 1 aliphatic carbocycles. The summed E-state index contributed by atoms with van der Waals surface area (Å²) in [6.07, 6.45) is 3.45. The van der Waals surface area contributed by atoms with Crippen molar-refractivity contribution < 1.29 is 9.53 Å². The zero-order chi connectivity index (χ0) is 8.89. The molecule has 3 aliphatic rings. The monoisotopic (exact) mass is 198 g/mol. The minimum Gasteiger partial charge on any atom is -0.380 e. The molecule has 3 fully saturated rings. The number of carbonyl (C=O) groups is 1. The second-order valence-corrected chi connectivity index (χ2v) is 5.75. The van der Waals surface area contributed by atoms with Gasteiger partial charge in [-0.25, -0.2) is 0 Å². The lowest BCUT2D eigenvalue weighted by Crippen LogP contribution is -2.28. The number of hydrogen-bond donors (Lipinski definition) is 0. The van der Waals surface area contributed by atoms with Crippen molar-refractivity contribution in [2.75, 3.05) is 19.0 Å². The molecule has 2 saturated heterocycles. The number of ether oxygens (including phenoxy) is 1. The van der Waals surface area contributed by atoms with E-state index in [4.69, 9.17) is 4.74 Å². The fourth-order valence-electron chi connectivity index (χ4n) is 2.64. The molecule has 3 unspecified atom stereocenters. The Labute approximate surface area is 82.4 Å². The first-order chi connectivity index (χ1) is 6.33. The van der Waals surface area contributed by atoms with Crippen molar-refractivity contribution in [2.45, 2.75) is 24.5 Å². The van der Waals surface area contributed by atoms with Gasteiger partial charge in [0.15, 0.2) is 5.78 Å². The van der Waals surface area contributed by atoms with Gasteiger partial charge in [-0.1, -0.05) is 0 Å². The van der Waals surface area contributed by atoms with Crippen molar-refractivity contribution in [1.82, 2.24) is 0 Å². The van der Waals surface area contributed by atoms with Crippen LogP contribution in [0.4, 0.5) is 0 Å². The Kier molecular flexibility index (Phi) is 1.75. The van der Waals surface area contributed by atoms with Crippen LogP contribution < -0.4 is 0 Å². The summed E-state index contributed by atoms with van der Waals surface area (Å²) >= 11 is 1.86. The summed E-state index contributed by atoms with van der Waals surface area (Å²) in [6.45, 7) is 1.55. The lowest BCUT2D eigenvalue weighted by molar-refractivity contribution is -0.124. The van der Waals surface area contributed by atoms with E-state index in [2.05, 4.69) is 0 Å². The van der Waals surface area contributed by atoms with Gasteiger partial charge in [-0.15, -0.1) is 0 Å². The summed E-state index contributed by atoms with van der Waals surface area (Å²) in [5.74, 6) is 2.27. The maximum Gasteiger partial charge on any atom is 0.154 e. The fraction of sp³-hybridized carbons (Fsp3) is 0.900. The third kappa shape index (κ3) is 1.10. The predicted molar refractivity (Wildman–Crippen MR) is 51.8 cm³/mol. The largest absolute Gasteiger partial charge is 0.380 e. The van der Waals surface area contributed by atoms with Crippen LogP contribution in [0.3, 0.4) is 0 Å². The van der Waals surface area contributed by atoms with E-state index >= 15 is 0 Å². The summed E-state index contributed by atoms with van der Waals surface area (Å²) in [5.41, 5.74) is 0.00199. The van der Waals surface area contributed by atoms with E-state index in [1.807, 2.05) is 11.8 Å². The highest BCUT2D eigenvalue weighted by Crippen LogP contribution is 2.59. The van der Waals surface area contributed by atoms with Crippen LogP contribution in [0.2, 0.25) is 0 Å². The average Bonchev–Trinajstić information content (AvgIpc) is 2.63. The molecule has 2 heterocycles. The zero-order valence-corrected chi connectivity index (χ0v) is 8.44. The fourth-order valence-corrected chi connectivity index (χ4v) is 3.97. The first kappa shape index (κ1) is 8.30. The Morgan fingerprint density at radius 2 is 2.46 bits per heavy atom. The van der Waals surface area contributed by atoms with Crippen molar-refractivity contribution in [2.24, 2.45) is 11.3 Å². The standard InChI is InChI=1S/C10H14O2S/c11-9(8-2-1-3-13-8)10-4-7(10)5-12-6-10/h7-8H,1-6H2. The molecule has 2 aliphatic heterocycles. The Hall–Kier alpha value is -0.0200. The van der Waals surface area contributed by atoms with Crippen LogP contribution in [0.5, 0.6) is 0 Å². The lowest BCUT2D eigenvalue weighted by Gasteiger charge is -2.14. The van der Waals surface area contributed by atoms with E-state index in [0.717, 1.165) is 19.4 Å². The molecule has 0 amide bonds. The third-order valence-corrected chi connectivity index (χ3v) is 5.00. The van der Waals surface area contributed by atoms with Gasteiger partial charge in [0.05, 0.1) is 23.9 Å². The molecular weight excluding hydrogens is 184 g/mol. The predicted octanol–water partition coefficient (Wildman–Crippen LogP) is 1.49. The summed E-state index contributed by atoms with van der Waals surface area (Å²) in [5, 5.41) is 0.312. The second kappa shape index (κ2) is 2.74. The molecule has 0 spiro atoms. The van der Waals surface area contributed by atoms with Gasteiger partial charge in [-0.3, -0.25) is 4.79 Å². The van der Waals surface area contributed by atoms with E-state index in [9.17, 15) is 4.79 Å². The summed E-state index contributed by atoms with van der Waals surface area (Å²) in [4.78, 5) is 12.1. The molecule has 3 rings (SSSR count). The van der Waals surface area contributed by atoms with Gasteiger partial charge in [0.2, 0.25) is 0 Å². The van der Waals surface area contributed by atoms with E-state index < -0.39 is 0 Å². The van der Waals surface area contributed by atoms with E-state index in [0.29, 0.717) is 23.6 Å². The Balaban J connectivity index is 1.74. The van der Waals surface area contributed by atoms with Gasteiger partial charge < -0.3 is 4.74 Å². The number of thioether (sulfide) groups is 1. The summed E-state index contributed by atoms with van der Waals surface area (Å²) in [6, 6.07) is 0. The number of fused-ring (bicyclic) bond motifs is 1. The molecule has 0 aromatic heterocycles. The van der Waals surface area contributed by atoms with Gasteiger partial charge in [0, 0.05) is 0 Å². The molecule has 0 aromatic carbocycles. The highest BCUT2D eigenvalue weighted by Gasteiger charge is 2.64. The van der Waals surface area contributed by atoms with Gasteiger partial charge in [-0.2, -0.15) is 11.8 Å². The first-order valence-corrected chi connectivity index (χ1v) is 6.11. The van der Waals surface area contributed by atoms with Crippen molar-refractivity contribution in [3.05, 3.63) is 0 Å². The molecule has 1 saturated carbocycles. The molecule has 72 valence electrons. The maximum atomic E-state index is 12.1. The van der Waals surface area contributed by atoms with Crippen molar-refractivity contribution in [1.29, 1.82) is 0 Å². The van der Waals surface area contributed by atoms with Crippen LogP contribution in [0.1, 0.15) is 19.3 Å². The zero-order valence-electron chi connectivity index (χ0n) is 7.62. The van der Waals surface area contributed by atoms with Crippen molar-refractivity contribution in [3.8, 4) is 0 Å². The van der Waals surface area contributed by atoms with Crippen LogP contribution >= 0.6 is 11.8 Å². The molecular formula is C10H14O2S. The van der Waals surface area contributed by atoms with Crippen molar-refractivity contribution >= 4 is 17.5 Å². The normalized spacial score (nSPS) is 47.7. The lowest BCUT2D eigenvalue weighted by atomic mass is 9.96. The average molecular weight is 198 g/mol. The number of carbonyl (C=O) groups excluding carboxylic acids is 1. The van der Waals surface area contributed by atoms with Gasteiger partial charge in [0.1, 0.15) is 0 Å². The van der Waals surface area contributed by atoms with E-state index in [-0.39, 0.29) is 5.41 Å². The SMILES string of the molecule is O=C(C1CCCS1)C12COCC1C2. The Morgan fingerprint density at radius 1 is 1.54 bits per heavy atom. The van der Waals surface area contributed by atoms with Crippen LogP contribution in [0.25, 0.3) is 0 Å². The van der Waals surface area contributed by atoms with Gasteiger partial charge in [0.25, 0.3) is 0 Å². The Morgan fingerprint density at radius 3 is 3.00 bits per heavy atom. The molecule has 13 heavy (non-hydrogen) atoms. The highest BCUT2D eigenvalue weighted by molar-refractivity contribution is 8.00. The van der Waals surface area contributed by atoms with Gasteiger partial charge in [-0.05, 0) is 30.9 Å². The topological polar surface area (TPSA) is 26.3 Å². The number of Topliss-reactive ketones (excluding diaryl/α,β-unsaturated/α-hetero) is 1. The maximum absolute atomic E-state index is 12.1. The van der Waals surface area contributed by atoms with Crippen LogP contribution in [-0.4, -0.2) is 30.0 Å². The quantitative estimate of drug-likeness (QED) is 0.672. The van der Waals surface area contributed by atoms with Gasteiger partial charge >= 0.3 is 0 Å². The third-order valence-electron chi connectivity index (χ3n) is 3.62. The molecule has 0 radical (unpaired) electrons. The number of rotatable bonds is 2. The van der Waals surface area contributed by atoms with Crippen LogP contribution in [0.15, 0.2) is 0 Å². The smallest absolute Gasteiger partial charge is 0.154 e. The molecule has 0 bridgehead atoms. The molecule has 0 N–H and O–H groups in total. The van der Waals surface area contributed by atoms with Crippen molar-refractivity contribution in [3.63, 3.8) is 0 Å². The summed E-state index contributed by atoms with van der Waals surface area (Å²) < 4.78 is 5.36. The molecule has 3 heteroatoms. The van der Waals surface area contributed by atoms with E-state index in [1.165, 1.54) is 12.2 Å². The van der Waals surface area contributed by atoms with Crippen LogP contribution in [-0.2, 0) is 9.53 Å². The molecule has 0 aromatic rings. The number of hydrogen-bond acceptors (Lipinski definition) is 3. The molecule has 3 atom stereocenters. The first-order valence-electron chi connectivity index (χ1n) is 5.07. The van der Waals surface area contributed by atoms with E-state index in [1.54, 1.807) is 0 Å². The molecule has 2 nitrogen and oxygen atoms in total. The minimum absolute atomic E-state index is 0.00199. The number of ketones is 1. The Bertz CT molecular complexity index is 247. The van der Waals surface area contributed by atoms with Crippen LogP contribution in [0, 0.1) is 11.3 Å². The highest BCUT2D eigenvalue weighted by atomic mass is 32.2. The summed E-state index contributed by atoms with van der Waals surface area (Å²) in [7, 11) is 0. The minimum atomic E-state index is 0.00199. The second-order valence-electron chi connectivity index (χ2n) is 4.44.